The van der Waals surface area contributed by atoms with E-state index in [-0.39, 0.29) is 37.0 Å². The van der Waals surface area contributed by atoms with E-state index in [4.69, 9.17) is 0 Å². The van der Waals surface area contributed by atoms with Gasteiger partial charge in [0.2, 0.25) is 23.6 Å². The van der Waals surface area contributed by atoms with E-state index in [0.717, 1.165) is 36.1 Å². The number of likely N-dealkylation sites (N-methyl/N-ethyl adjacent to an activating group) is 2. The third kappa shape index (κ3) is 13.8. The summed E-state index contributed by atoms with van der Waals surface area (Å²) in [7, 11) is 9.08. The monoisotopic (exact) mass is 723 g/mol. The van der Waals surface area contributed by atoms with Gasteiger partial charge in [-0.05, 0) is 121 Å². The predicted molar refractivity (Wildman–Crippen MR) is 205 cm³/mol. The molecule has 52 heavy (non-hydrogen) atoms. The first-order valence-corrected chi connectivity index (χ1v) is 18.5. The molecule has 0 aromatic heterocycles. The van der Waals surface area contributed by atoms with Crippen LogP contribution in [0.5, 0.6) is 5.75 Å². The molecule has 14 heteroatoms. The maximum absolute atomic E-state index is 14.1. The van der Waals surface area contributed by atoms with E-state index < -0.39 is 41.9 Å². The molecule has 2 aromatic rings. The fraction of sp³-hybridized carbons (Fsp3) is 0.579. The lowest BCUT2D eigenvalue weighted by Gasteiger charge is -2.27. The molecule has 0 fully saturated rings. The van der Waals surface area contributed by atoms with Crippen molar-refractivity contribution in [2.75, 3.05) is 61.4 Å². The zero-order chi connectivity index (χ0) is 37.9. The highest BCUT2D eigenvalue weighted by molar-refractivity contribution is 5.93. The van der Waals surface area contributed by atoms with Gasteiger partial charge >= 0.3 is 0 Å². The summed E-state index contributed by atoms with van der Waals surface area (Å²) in [6, 6.07) is 9.99. The highest BCUT2D eigenvalue weighted by atomic mass is 16.3. The van der Waals surface area contributed by atoms with Crippen LogP contribution in [-0.4, -0.2) is 120 Å². The normalized spacial score (nSPS) is 19.0. The van der Waals surface area contributed by atoms with Gasteiger partial charge in [-0.3, -0.25) is 19.2 Å². The van der Waals surface area contributed by atoms with Gasteiger partial charge in [-0.1, -0.05) is 30.3 Å². The summed E-state index contributed by atoms with van der Waals surface area (Å²) in [6.45, 7) is 2.57. The van der Waals surface area contributed by atoms with Crippen molar-refractivity contribution in [1.82, 2.24) is 47.9 Å². The minimum atomic E-state index is -0.993. The van der Waals surface area contributed by atoms with Crippen molar-refractivity contribution in [1.29, 1.82) is 0 Å². The zero-order valence-electron chi connectivity index (χ0n) is 31.5. The van der Waals surface area contributed by atoms with Crippen LogP contribution in [0.4, 0.5) is 0 Å². The molecule has 3 rings (SSSR count). The first-order valence-electron chi connectivity index (χ1n) is 18.5. The quantitative estimate of drug-likeness (QED) is 0.0875. The Bertz CT molecular complexity index is 1440. The number of phenols is 1. The summed E-state index contributed by atoms with van der Waals surface area (Å²) in [5.74, 6) is -1.39. The molecule has 4 bridgehead atoms. The van der Waals surface area contributed by atoms with Crippen molar-refractivity contribution < 1.29 is 24.3 Å². The van der Waals surface area contributed by atoms with E-state index in [1.54, 1.807) is 13.1 Å². The summed E-state index contributed by atoms with van der Waals surface area (Å²) in [6.07, 6.45) is 3.77. The predicted octanol–water partition coefficient (Wildman–Crippen LogP) is -0.0968. The van der Waals surface area contributed by atoms with Crippen molar-refractivity contribution >= 4 is 23.6 Å². The van der Waals surface area contributed by atoms with Crippen LogP contribution in [0.25, 0.3) is 11.1 Å². The lowest BCUT2D eigenvalue weighted by atomic mass is 9.95. The number of fused-ring (bicyclic) bond motifs is 5. The number of amides is 4. The highest BCUT2D eigenvalue weighted by Crippen LogP contribution is 2.28. The topological polar surface area (TPSA) is 197 Å². The van der Waals surface area contributed by atoms with Crippen LogP contribution in [0.2, 0.25) is 0 Å². The first-order chi connectivity index (χ1) is 25.1. The number of aromatic hydroxyl groups is 1. The van der Waals surface area contributed by atoms with Crippen LogP contribution in [-0.2, 0) is 32.0 Å². The fourth-order valence-electron chi connectivity index (χ4n) is 6.35. The van der Waals surface area contributed by atoms with Crippen LogP contribution in [0.15, 0.2) is 42.5 Å². The summed E-state index contributed by atoms with van der Waals surface area (Å²) in [4.78, 5) is 54.8. The molecule has 0 aliphatic carbocycles. The van der Waals surface area contributed by atoms with Crippen molar-refractivity contribution in [2.24, 2.45) is 0 Å². The van der Waals surface area contributed by atoms with Crippen LogP contribution in [0, 0.1) is 0 Å². The highest BCUT2D eigenvalue weighted by Gasteiger charge is 2.31. The molecule has 1 unspecified atom stereocenters. The first kappa shape index (κ1) is 42.3. The minimum Gasteiger partial charge on any atom is -0.508 e. The van der Waals surface area contributed by atoms with Crippen molar-refractivity contribution in [2.45, 2.75) is 81.6 Å². The van der Waals surface area contributed by atoms with Crippen LogP contribution in [0.3, 0.4) is 0 Å². The Balaban J connectivity index is 1.91. The van der Waals surface area contributed by atoms with Gasteiger partial charge in [0.15, 0.2) is 0 Å². The SMILES string of the molecule is CNCCC[C@@H](CNC(=O)CC(CCNC)NC(=O)[C@@H]1Cc2cccc(c2)-c2ccc(O)c(c2)C[C@H](NC)C(=O)N[C@@H](CCCNC)C(=O)N1)NC. The molecule has 14 nitrogen and oxygen atoms in total. The van der Waals surface area contributed by atoms with Gasteiger partial charge < -0.3 is 53.0 Å². The molecule has 10 N–H and O–H groups in total. The number of phenolic OH excluding ortho intramolecular Hbond substituents is 1. The smallest absolute Gasteiger partial charge is 0.243 e. The second-order valence-electron chi connectivity index (χ2n) is 13.5. The van der Waals surface area contributed by atoms with Crippen LogP contribution < -0.4 is 47.9 Å². The van der Waals surface area contributed by atoms with E-state index in [0.29, 0.717) is 44.5 Å². The number of hydrogen-bond acceptors (Lipinski definition) is 10. The average molecular weight is 724 g/mol. The molecule has 0 saturated carbocycles. The lowest BCUT2D eigenvalue weighted by Crippen LogP contribution is -2.57. The second kappa shape index (κ2) is 22.8. The number of carbonyl (C=O) groups excluding carboxylic acids is 4. The molecule has 1 aliphatic rings. The van der Waals surface area contributed by atoms with Gasteiger partial charge in [0, 0.05) is 37.9 Å². The summed E-state index contributed by atoms with van der Waals surface area (Å²) < 4.78 is 0. The number of hydrogen-bond donors (Lipinski definition) is 10. The van der Waals surface area contributed by atoms with Crippen molar-refractivity contribution in [3.8, 4) is 16.9 Å². The van der Waals surface area contributed by atoms with E-state index in [9.17, 15) is 24.3 Å². The standard InChI is InChI=1S/C38H61N9O5/c1-39-16-7-11-30(42-4)24-44-35(49)23-29(15-18-41-3)45-38(52)33-20-25-9-6-10-26(19-25)27-13-14-34(48)28(21-27)22-32(43-5)37(51)46-31(36(50)47-33)12-8-17-40-2/h6,9-10,13-14,19,21,29-33,39-43,48H,7-8,11-12,15-18,20,22-24H2,1-5H3,(H,44,49)(H,45,52)(H,46,51)(H,47,50)/t29?,30-,31-,32-,33-/m0/s1. The molecule has 4 amide bonds. The molecule has 2 aromatic carbocycles. The van der Waals surface area contributed by atoms with Crippen molar-refractivity contribution in [3.05, 3.63) is 53.6 Å². The largest absolute Gasteiger partial charge is 0.508 e. The minimum absolute atomic E-state index is 0.0743. The van der Waals surface area contributed by atoms with Crippen LogP contribution in [0.1, 0.15) is 49.7 Å². The Morgan fingerprint density at radius 1 is 0.827 bits per heavy atom. The van der Waals surface area contributed by atoms with Crippen molar-refractivity contribution in [3.63, 3.8) is 0 Å². The number of nitrogens with one attached hydrogen (secondary N) is 9. The molecule has 1 aliphatic heterocycles. The fourth-order valence-corrected chi connectivity index (χ4v) is 6.35. The van der Waals surface area contributed by atoms with E-state index in [1.165, 1.54) is 0 Å². The van der Waals surface area contributed by atoms with Gasteiger partial charge in [0.05, 0.1) is 6.04 Å². The maximum Gasteiger partial charge on any atom is 0.243 e. The van der Waals surface area contributed by atoms with Gasteiger partial charge in [-0.25, -0.2) is 0 Å². The Morgan fingerprint density at radius 2 is 1.56 bits per heavy atom. The number of carbonyl (C=O) groups is 4. The van der Waals surface area contributed by atoms with Crippen LogP contribution >= 0.6 is 0 Å². The number of rotatable bonds is 19. The molecule has 288 valence electrons. The lowest BCUT2D eigenvalue weighted by molar-refractivity contribution is -0.133. The summed E-state index contributed by atoms with van der Waals surface area (Å²) in [5.41, 5.74) is 3.11. The summed E-state index contributed by atoms with van der Waals surface area (Å²) in [5, 5.41) is 38.2. The Labute approximate surface area is 308 Å². The van der Waals surface area contributed by atoms with E-state index in [2.05, 4.69) is 47.9 Å². The third-order valence-electron chi connectivity index (χ3n) is 9.51. The Kier molecular flexibility index (Phi) is 18.5. The molecular weight excluding hydrogens is 662 g/mol. The number of benzene rings is 2. The van der Waals surface area contributed by atoms with Gasteiger partial charge in [0.1, 0.15) is 17.8 Å². The Hall–Kier alpha value is -4.08. The molecule has 0 radical (unpaired) electrons. The maximum atomic E-state index is 14.1. The van der Waals surface area contributed by atoms with E-state index in [1.807, 2.05) is 64.6 Å². The average Bonchev–Trinajstić information content (AvgIpc) is 3.13. The molecule has 0 spiro atoms. The van der Waals surface area contributed by atoms with E-state index >= 15 is 0 Å². The second-order valence-corrected chi connectivity index (χ2v) is 13.5. The molecule has 5 atom stereocenters. The van der Waals surface area contributed by atoms with Gasteiger partial charge in [0.25, 0.3) is 0 Å². The molecular formula is C38H61N9O5. The third-order valence-corrected chi connectivity index (χ3v) is 9.51. The Morgan fingerprint density at radius 3 is 2.27 bits per heavy atom. The van der Waals surface area contributed by atoms with Gasteiger partial charge in [-0.15, -0.1) is 0 Å². The summed E-state index contributed by atoms with van der Waals surface area (Å²) >= 11 is 0. The molecule has 0 saturated heterocycles. The van der Waals surface area contributed by atoms with Gasteiger partial charge in [-0.2, -0.15) is 0 Å². The zero-order valence-corrected chi connectivity index (χ0v) is 31.5. The molecule has 1 heterocycles.